The maximum atomic E-state index is 14.4. The van der Waals surface area contributed by atoms with Gasteiger partial charge >= 0.3 is 0 Å². The third kappa shape index (κ3) is 5.72. The summed E-state index contributed by atoms with van der Waals surface area (Å²) in [6.45, 7) is 5.65. The summed E-state index contributed by atoms with van der Waals surface area (Å²) in [5, 5.41) is 3.02. The Labute approximate surface area is 302 Å². The number of amides is 2. The summed E-state index contributed by atoms with van der Waals surface area (Å²) < 4.78 is 33.8. The summed E-state index contributed by atoms with van der Waals surface area (Å²) in [4.78, 5) is 45.6. The number of aromatic amines is 1. The zero-order chi connectivity index (χ0) is 35.6. The Morgan fingerprint density at radius 3 is 2.60 bits per heavy atom. The van der Waals surface area contributed by atoms with E-state index in [2.05, 4.69) is 25.2 Å². The highest BCUT2D eigenvalue weighted by atomic mass is 32.1. The molecule has 3 aliphatic heterocycles. The molecule has 6 aromatic rings. The Bertz CT molecular complexity index is 2380. The van der Waals surface area contributed by atoms with Crippen LogP contribution in [-0.2, 0) is 11.2 Å². The summed E-state index contributed by atoms with van der Waals surface area (Å²) in [7, 11) is 0. The third-order valence-corrected chi connectivity index (χ3v) is 11.6. The van der Waals surface area contributed by atoms with Crippen LogP contribution in [-0.4, -0.2) is 59.6 Å². The van der Waals surface area contributed by atoms with Gasteiger partial charge in [0.05, 0.1) is 21.6 Å². The molecule has 0 aliphatic carbocycles. The molecule has 2 N–H and O–H groups in total. The number of para-hydroxylation sites is 1. The standard InChI is InChI=1S/C40H34F2N6O3S/c1-23-16-29(37(43-20-23)47-21-40(22-47)11-14-51-15-12-40)38(49)44-27-8-6-24(7-9-27)39(50)48-13-10-25-17-33(52-35(25)28-4-2-3-5-32(28)48)36-45-31-19-26(41)18-30(42)34(31)46-36/h2-9,16-20H,10-15,21-22H2,1H3,(H,44,49)(H,45,46). The largest absolute Gasteiger partial charge is 0.381 e. The molecule has 2 amide bonds. The second-order valence-corrected chi connectivity index (χ2v) is 15.0. The number of carbonyl (C=O) groups is 2. The number of H-pyrrole nitrogens is 1. The van der Waals surface area contributed by atoms with Gasteiger partial charge in [-0.05, 0) is 79.8 Å². The Balaban J connectivity index is 0.930. The van der Waals surface area contributed by atoms with Crippen LogP contribution in [0.2, 0.25) is 0 Å². The van der Waals surface area contributed by atoms with Crippen molar-refractivity contribution in [2.45, 2.75) is 26.2 Å². The van der Waals surface area contributed by atoms with E-state index < -0.39 is 11.6 Å². The number of halogens is 2. The molecule has 0 saturated carbocycles. The highest BCUT2D eigenvalue weighted by Gasteiger charge is 2.45. The molecule has 0 radical (unpaired) electrons. The zero-order valence-electron chi connectivity index (χ0n) is 28.3. The molecule has 0 unspecified atom stereocenters. The molecule has 52 heavy (non-hydrogen) atoms. The first kappa shape index (κ1) is 32.4. The number of rotatable bonds is 5. The van der Waals surface area contributed by atoms with E-state index in [4.69, 9.17) is 4.74 Å². The topological polar surface area (TPSA) is 103 Å². The van der Waals surface area contributed by atoms with Crippen LogP contribution in [0.5, 0.6) is 0 Å². The van der Waals surface area contributed by atoms with Crippen LogP contribution < -0.4 is 15.1 Å². The van der Waals surface area contributed by atoms with Crippen molar-refractivity contribution < 1.29 is 23.1 Å². The van der Waals surface area contributed by atoms with Gasteiger partial charge in [-0.15, -0.1) is 11.3 Å². The molecular formula is C40H34F2N6O3S. The molecular weight excluding hydrogens is 683 g/mol. The molecule has 9 nitrogen and oxygen atoms in total. The van der Waals surface area contributed by atoms with E-state index in [1.807, 2.05) is 43.3 Å². The molecule has 2 saturated heterocycles. The molecule has 12 heteroatoms. The SMILES string of the molecule is Cc1cnc(N2CC3(CCOCC3)C2)c(C(=O)Nc2ccc(C(=O)N3CCc4cc(-c5nc6cc(F)cc(F)c6[nH]5)sc4-c4ccccc43)cc2)c1. The minimum Gasteiger partial charge on any atom is -0.381 e. The number of aromatic nitrogens is 3. The number of benzene rings is 3. The summed E-state index contributed by atoms with van der Waals surface area (Å²) in [5.41, 5.74) is 5.87. The van der Waals surface area contributed by atoms with Crippen molar-refractivity contribution in [3.63, 3.8) is 0 Å². The van der Waals surface area contributed by atoms with E-state index in [9.17, 15) is 18.4 Å². The van der Waals surface area contributed by atoms with Crippen molar-refractivity contribution in [2.24, 2.45) is 5.41 Å². The van der Waals surface area contributed by atoms with Gasteiger partial charge in [0.1, 0.15) is 23.0 Å². The van der Waals surface area contributed by atoms with Gasteiger partial charge in [-0.2, -0.15) is 0 Å². The third-order valence-electron chi connectivity index (χ3n) is 10.4. The van der Waals surface area contributed by atoms with E-state index in [1.54, 1.807) is 35.4 Å². The fraction of sp³-hybridized carbons (Fsp3) is 0.250. The lowest BCUT2D eigenvalue weighted by atomic mass is 9.73. The number of fused-ring (bicyclic) bond motifs is 4. The number of nitrogens with one attached hydrogen (secondary N) is 2. The van der Waals surface area contributed by atoms with Gasteiger partial charge in [0.25, 0.3) is 11.8 Å². The Hall–Kier alpha value is -5.46. The van der Waals surface area contributed by atoms with Crippen LogP contribution in [0, 0.1) is 24.0 Å². The van der Waals surface area contributed by atoms with Crippen LogP contribution in [0.3, 0.4) is 0 Å². The number of anilines is 3. The molecule has 3 aliphatic rings. The van der Waals surface area contributed by atoms with E-state index >= 15 is 0 Å². The van der Waals surface area contributed by atoms with Crippen molar-refractivity contribution in [3.8, 4) is 21.1 Å². The first-order chi connectivity index (χ1) is 25.2. The van der Waals surface area contributed by atoms with Crippen LogP contribution >= 0.6 is 11.3 Å². The maximum Gasteiger partial charge on any atom is 0.259 e. The number of hydrogen-bond acceptors (Lipinski definition) is 7. The monoisotopic (exact) mass is 716 g/mol. The second kappa shape index (κ2) is 12.6. The van der Waals surface area contributed by atoms with Crippen LogP contribution in [0.4, 0.5) is 26.0 Å². The number of pyridine rings is 1. The maximum absolute atomic E-state index is 14.4. The van der Waals surface area contributed by atoms with Gasteiger partial charge in [0, 0.05) is 78.3 Å². The fourth-order valence-electron chi connectivity index (χ4n) is 7.64. The molecule has 1 spiro atoms. The van der Waals surface area contributed by atoms with Crippen LogP contribution in [0.1, 0.15) is 44.7 Å². The lowest BCUT2D eigenvalue weighted by Gasteiger charge is -2.53. The first-order valence-corrected chi connectivity index (χ1v) is 18.2. The van der Waals surface area contributed by atoms with Gasteiger partial charge in [-0.25, -0.2) is 18.7 Å². The summed E-state index contributed by atoms with van der Waals surface area (Å²) in [6.07, 6.45) is 4.44. The first-order valence-electron chi connectivity index (χ1n) is 17.3. The number of carbonyl (C=O) groups excluding carboxylic acids is 2. The minimum absolute atomic E-state index is 0.152. The molecule has 0 bridgehead atoms. The molecule has 3 aromatic carbocycles. The van der Waals surface area contributed by atoms with Gasteiger partial charge in [0.2, 0.25) is 0 Å². The van der Waals surface area contributed by atoms with E-state index in [0.717, 1.165) is 77.3 Å². The van der Waals surface area contributed by atoms with Gasteiger partial charge < -0.3 is 24.8 Å². The van der Waals surface area contributed by atoms with Crippen molar-refractivity contribution >= 4 is 51.4 Å². The average Bonchev–Trinajstić information content (AvgIpc) is 3.73. The second-order valence-electron chi connectivity index (χ2n) is 13.9. The highest BCUT2D eigenvalue weighted by Crippen LogP contribution is 2.45. The molecule has 6 heterocycles. The van der Waals surface area contributed by atoms with Gasteiger partial charge in [-0.1, -0.05) is 18.2 Å². The number of aryl methyl sites for hydroxylation is 1. The molecule has 0 atom stereocenters. The molecule has 9 rings (SSSR count). The van der Waals surface area contributed by atoms with Crippen LogP contribution in [0.15, 0.2) is 79.0 Å². The van der Waals surface area contributed by atoms with Crippen molar-refractivity contribution in [1.29, 1.82) is 0 Å². The highest BCUT2D eigenvalue weighted by molar-refractivity contribution is 7.19. The number of imidazole rings is 1. The summed E-state index contributed by atoms with van der Waals surface area (Å²) in [5.74, 6) is -0.609. The quantitative estimate of drug-likeness (QED) is 0.187. The normalized spacial score (nSPS) is 16.3. The Morgan fingerprint density at radius 1 is 1.00 bits per heavy atom. The Morgan fingerprint density at radius 2 is 1.79 bits per heavy atom. The van der Waals surface area contributed by atoms with Crippen molar-refractivity contribution in [2.75, 3.05) is 48.0 Å². The van der Waals surface area contributed by atoms with Crippen molar-refractivity contribution in [3.05, 3.63) is 113 Å². The number of thiophene rings is 1. The fourth-order valence-corrected chi connectivity index (χ4v) is 8.83. The molecule has 3 aromatic heterocycles. The van der Waals surface area contributed by atoms with E-state index in [0.29, 0.717) is 41.4 Å². The zero-order valence-corrected chi connectivity index (χ0v) is 29.2. The predicted octanol–water partition coefficient (Wildman–Crippen LogP) is 8.01. The minimum atomic E-state index is -0.689. The summed E-state index contributed by atoms with van der Waals surface area (Å²) >= 11 is 1.50. The van der Waals surface area contributed by atoms with Crippen LogP contribution in [0.25, 0.3) is 32.2 Å². The molecule has 262 valence electrons. The predicted molar refractivity (Wildman–Crippen MR) is 198 cm³/mol. The summed E-state index contributed by atoms with van der Waals surface area (Å²) in [6, 6.07) is 20.7. The smallest absolute Gasteiger partial charge is 0.259 e. The van der Waals surface area contributed by atoms with E-state index in [1.165, 1.54) is 17.4 Å². The lowest BCUT2D eigenvalue weighted by molar-refractivity contribution is -0.000510. The lowest BCUT2D eigenvalue weighted by Crippen LogP contribution is -2.59. The van der Waals surface area contributed by atoms with E-state index in [-0.39, 0.29) is 28.3 Å². The van der Waals surface area contributed by atoms with Crippen molar-refractivity contribution in [1.82, 2.24) is 15.0 Å². The number of ether oxygens (including phenoxy) is 1. The van der Waals surface area contributed by atoms with Gasteiger partial charge in [-0.3, -0.25) is 9.59 Å². The Kier molecular flexibility index (Phi) is 7.89. The number of nitrogens with zero attached hydrogens (tertiary/aromatic N) is 4. The molecule has 2 fully saturated rings. The average molecular weight is 717 g/mol. The number of hydrogen-bond donors (Lipinski definition) is 2. The van der Waals surface area contributed by atoms with Gasteiger partial charge in [0.15, 0.2) is 5.82 Å².